The van der Waals surface area contributed by atoms with E-state index in [1.54, 1.807) is 27.6 Å². The van der Waals surface area contributed by atoms with Crippen molar-refractivity contribution >= 4 is 39.6 Å². The van der Waals surface area contributed by atoms with Crippen LogP contribution in [0.25, 0.3) is 0 Å². The van der Waals surface area contributed by atoms with Gasteiger partial charge in [-0.3, -0.25) is 14.3 Å². The lowest BCUT2D eigenvalue weighted by atomic mass is 10.3. The van der Waals surface area contributed by atoms with E-state index in [1.165, 1.54) is 11.3 Å². The van der Waals surface area contributed by atoms with Crippen LogP contribution in [0, 0.1) is 0 Å². The van der Waals surface area contributed by atoms with Crippen molar-refractivity contribution < 1.29 is 9.59 Å². The lowest BCUT2D eigenvalue weighted by Crippen LogP contribution is -2.24. The Labute approximate surface area is 152 Å². The molecular formula is C16H17N5O2S2. The van der Waals surface area contributed by atoms with Gasteiger partial charge in [0.2, 0.25) is 11.8 Å². The largest absolute Gasteiger partial charge is 0.352 e. The topological polar surface area (TPSA) is 88.9 Å². The fourth-order valence-corrected chi connectivity index (χ4v) is 3.60. The minimum Gasteiger partial charge on any atom is -0.352 e. The fourth-order valence-electron chi connectivity index (χ4n) is 2.17. The van der Waals surface area contributed by atoms with Gasteiger partial charge in [0.25, 0.3) is 0 Å². The molecule has 25 heavy (non-hydrogen) atoms. The normalized spacial score (nSPS) is 10.6. The van der Waals surface area contributed by atoms with Gasteiger partial charge in [0, 0.05) is 35.6 Å². The molecule has 0 fully saturated rings. The summed E-state index contributed by atoms with van der Waals surface area (Å²) in [5.74, 6) is -0.227. The van der Waals surface area contributed by atoms with Crippen molar-refractivity contribution in [3.05, 3.63) is 51.4 Å². The fraction of sp³-hybridized carbons (Fsp3) is 0.250. The minimum absolute atomic E-state index is 0.107. The van der Waals surface area contributed by atoms with Gasteiger partial charge in [-0.05, 0) is 11.4 Å². The Morgan fingerprint density at radius 3 is 2.84 bits per heavy atom. The molecular weight excluding hydrogens is 358 g/mol. The molecule has 0 bridgehead atoms. The van der Waals surface area contributed by atoms with E-state index < -0.39 is 0 Å². The van der Waals surface area contributed by atoms with Crippen LogP contribution in [0.15, 0.2) is 35.3 Å². The molecule has 130 valence electrons. The predicted molar refractivity (Wildman–Crippen MR) is 97.5 cm³/mol. The van der Waals surface area contributed by atoms with Gasteiger partial charge in [0.15, 0.2) is 5.13 Å². The third-order valence-electron chi connectivity index (χ3n) is 3.30. The number of nitrogens with one attached hydrogen (secondary N) is 2. The first-order chi connectivity index (χ1) is 12.1. The molecule has 0 saturated heterocycles. The maximum Gasteiger partial charge on any atom is 0.231 e. The van der Waals surface area contributed by atoms with E-state index in [2.05, 4.69) is 20.7 Å². The molecule has 2 N–H and O–H groups in total. The van der Waals surface area contributed by atoms with Gasteiger partial charge in [0.05, 0.1) is 24.7 Å². The third kappa shape index (κ3) is 5.23. The molecule has 3 rings (SSSR count). The number of aromatic nitrogens is 3. The highest BCUT2D eigenvalue weighted by Crippen LogP contribution is 2.17. The van der Waals surface area contributed by atoms with E-state index >= 15 is 0 Å². The summed E-state index contributed by atoms with van der Waals surface area (Å²) in [6.45, 7) is 0.432. The van der Waals surface area contributed by atoms with Crippen LogP contribution in [-0.2, 0) is 36.0 Å². The predicted octanol–water partition coefficient (Wildman–Crippen LogP) is 1.98. The number of thiazole rings is 1. The second-order valence-electron chi connectivity index (χ2n) is 5.42. The summed E-state index contributed by atoms with van der Waals surface area (Å²) in [4.78, 5) is 29.2. The number of hydrogen-bond donors (Lipinski definition) is 2. The SMILES string of the molecule is Cn1cc(CNC(=O)Cc2csc(NC(=O)Cc3cccs3)n2)cn1. The van der Waals surface area contributed by atoms with Crippen LogP contribution in [0.2, 0.25) is 0 Å². The number of anilines is 1. The van der Waals surface area contributed by atoms with Gasteiger partial charge in [-0.25, -0.2) is 4.98 Å². The number of thiophene rings is 1. The molecule has 0 saturated carbocycles. The highest BCUT2D eigenvalue weighted by molar-refractivity contribution is 7.14. The summed E-state index contributed by atoms with van der Waals surface area (Å²) in [6.07, 6.45) is 4.07. The molecule has 0 aliphatic rings. The smallest absolute Gasteiger partial charge is 0.231 e. The van der Waals surface area contributed by atoms with Crippen LogP contribution in [0.1, 0.15) is 16.1 Å². The Balaban J connectivity index is 1.46. The average molecular weight is 375 g/mol. The van der Waals surface area contributed by atoms with E-state index in [1.807, 2.05) is 30.8 Å². The van der Waals surface area contributed by atoms with Gasteiger partial charge in [-0.1, -0.05) is 6.07 Å². The molecule has 0 aliphatic heterocycles. The van der Waals surface area contributed by atoms with Crippen LogP contribution in [0.5, 0.6) is 0 Å². The van der Waals surface area contributed by atoms with Crippen LogP contribution < -0.4 is 10.6 Å². The maximum atomic E-state index is 12.0. The number of rotatable bonds is 7. The lowest BCUT2D eigenvalue weighted by Gasteiger charge is -2.02. The number of aryl methyl sites for hydroxylation is 1. The highest BCUT2D eigenvalue weighted by Gasteiger charge is 2.11. The molecule has 0 unspecified atom stereocenters. The molecule has 3 aromatic heterocycles. The number of carbonyl (C=O) groups excluding carboxylic acids is 2. The Bertz CT molecular complexity index is 854. The van der Waals surface area contributed by atoms with Gasteiger partial charge < -0.3 is 10.6 Å². The Hall–Kier alpha value is -2.52. The highest BCUT2D eigenvalue weighted by atomic mass is 32.1. The van der Waals surface area contributed by atoms with Crippen LogP contribution in [0.4, 0.5) is 5.13 Å². The van der Waals surface area contributed by atoms with Gasteiger partial charge in [-0.15, -0.1) is 22.7 Å². The average Bonchev–Trinajstić information content (AvgIpc) is 3.29. The van der Waals surface area contributed by atoms with E-state index in [0.717, 1.165) is 10.4 Å². The van der Waals surface area contributed by atoms with Crippen LogP contribution in [0.3, 0.4) is 0 Å². The van der Waals surface area contributed by atoms with Crippen molar-refractivity contribution in [3.8, 4) is 0 Å². The first-order valence-corrected chi connectivity index (χ1v) is 9.35. The Kier molecular flexibility index (Phi) is 5.56. The standard InChI is InChI=1S/C16H17N5O2S2/c1-21-9-11(8-18-21)7-17-14(22)5-12-10-25-16(19-12)20-15(23)6-13-3-2-4-24-13/h2-4,8-10H,5-7H2,1H3,(H,17,22)(H,19,20,23). The zero-order valence-electron chi connectivity index (χ0n) is 13.6. The van der Waals surface area contributed by atoms with E-state index in [9.17, 15) is 9.59 Å². The second-order valence-corrected chi connectivity index (χ2v) is 7.31. The first kappa shape index (κ1) is 17.3. The molecule has 9 heteroatoms. The third-order valence-corrected chi connectivity index (χ3v) is 4.99. The molecule has 0 spiro atoms. The van der Waals surface area contributed by atoms with Crippen molar-refractivity contribution in [2.24, 2.45) is 7.05 Å². The zero-order valence-corrected chi connectivity index (χ0v) is 15.2. The molecule has 2 amide bonds. The Morgan fingerprint density at radius 1 is 1.24 bits per heavy atom. The number of nitrogens with zero attached hydrogens (tertiary/aromatic N) is 3. The summed E-state index contributed by atoms with van der Waals surface area (Å²) in [7, 11) is 1.83. The second kappa shape index (κ2) is 8.04. The van der Waals surface area contributed by atoms with E-state index in [0.29, 0.717) is 23.8 Å². The van der Waals surface area contributed by atoms with E-state index in [4.69, 9.17) is 0 Å². The minimum atomic E-state index is -0.120. The summed E-state index contributed by atoms with van der Waals surface area (Å²) >= 11 is 2.86. The molecule has 0 aliphatic carbocycles. The maximum absolute atomic E-state index is 12.0. The molecule has 3 aromatic rings. The molecule has 0 atom stereocenters. The molecule has 0 radical (unpaired) electrons. The Morgan fingerprint density at radius 2 is 2.12 bits per heavy atom. The van der Waals surface area contributed by atoms with Gasteiger partial charge in [0.1, 0.15) is 0 Å². The van der Waals surface area contributed by atoms with E-state index in [-0.39, 0.29) is 18.2 Å². The van der Waals surface area contributed by atoms with Crippen molar-refractivity contribution in [2.45, 2.75) is 19.4 Å². The molecule has 0 aromatic carbocycles. The summed E-state index contributed by atoms with van der Waals surface area (Å²) in [5.41, 5.74) is 1.58. The van der Waals surface area contributed by atoms with Crippen LogP contribution >= 0.6 is 22.7 Å². The monoisotopic (exact) mass is 375 g/mol. The molecule has 3 heterocycles. The first-order valence-electron chi connectivity index (χ1n) is 7.59. The van der Waals surface area contributed by atoms with Crippen molar-refractivity contribution in [1.29, 1.82) is 0 Å². The summed E-state index contributed by atoms with van der Waals surface area (Å²) in [6, 6.07) is 3.84. The number of hydrogen-bond acceptors (Lipinski definition) is 6. The zero-order chi connectivity index (χ0) is 17.6. The van der Waals surface area contributed by atoms with Gasteiger partial charge in [-0.2, -0.15) is 5.10 Å². The van der Waals surface area contributed by atoms with Crippen molar-refractivity contribution in [1.82, 2.24) is 20.1 Å². The number of amides is 2. The van der Waals surface area contributed by atoms with Gasteiger partial charge >= 0.3 is 0 Å². The van der Waals surface area contributed by atoms with Crippen molar-refractivity contribution in [3.63, 3.8) is 0 Å². The van der Waals surface area contributed by atoms with Crippen LogP contribution in [-0.4, -0.2) is 26.6 Å². The number of carbonyl (C=O) groups is 2. The quantitative estimate of drug-likeness (QED) is 0.661. The molecule has 7 nitrogen and oxygen atoms in total. The summed E-state index contributed by atoms with van der Waals surface area (Å²) in [5, 5.41) is 13.9. The summed E-state index contributed by atoms with van der Waals surface area (Å²) < 4.78 is 1.69. The van der Waals surface area contributed by atoms with Crippen molar-refractivity contribution in [2.75, 3.05) is 5.32 Å². The lowest BCUT2D eigenvalue weighted by molar-refractivity contribution is -0.120.